The first-order valence-electron chi connectivity index (χ1n) is 6.14. The summed E-state index contributed by atoms with van der Waals surface area (Å²) >= 11 is 0. The highest BCUT2D eigenvalue weighted by Gasteiger charge is 2.38. The number of nitrogens with zero attached hydrogens (tertiary/aromatic N) is 1. The Morgan fingerprint density at radius 2 is 2.00 bits per heavy atom. The first-order chi connectivity index (χ1) is 9.86. The number of Topliss-reactive ketones (excluding diaryl/α,β-unsaturated/α-hetero) is 1. The number of ketones is 1. The molecule has 5 nitrogen and oxygen atoms in total. The van der Waals surface area contributed by atoms with Crippen molar-refractivity contribution in [2.45, 2.75) is 13.3 Å². The van der Waals surface area contributed by atoms with Gasteiger partial charge < -0.3 is 10.0 Å². The minimum Gasteiger partial charge on any atom is -0.478 e. The zero-order valence-corrected chi connectivity index (χ0v) is 11.0. The molecule has 0 saturated carbocycles. The molecule has 0 fully saturated rings. The van der Waals surface area contributed by atoms with Gasteiger partial charge in [0, 0.05) is 18.2 Å². The van der Waals surface area contributed by atoms with Gasteiger partial charge in [0.2, 0.25) is 0 Å². The molecule has 0 unspecified atom stereocenters. The summed E-state index contributed by atoms with van der Waals surface area (Å²) in [7, 11) is 0. The molecule has 0 spiro atoms. The molecule has 1 heterocycles. The molecule has 1 N–H and O–H groups in total. The molecule has 1 amide bonds. The van der Waals surface area contributed by atoms with E-state index in [-0.39, 0.29) is 24.2 Å². The quantitative estimate of drug-likeness (QED) is 0.680. The third-order valence-electron chi connectivity index (χ3n) is 3.17. The highest BCUT2D eigenvalue weighted by atomic mass is 19.1. The number of anilines is 1. The van der Waals surface area contributed by atoms with Crippen molar-refractivity contribution in [3.05, 3.63) is 41.0 Å². The topological polar surface area (TPSA) is 74.7 Å². The molecule has 0 aliphatic carbocycles. The van der Waals surface area contributed by atoms with Gasteiger partial charge in [-0.15, -0.1) is 0 Å². The Hall–Kier alpha value is -2.57. The van der Waals surface area contributed by atoms with E-state index in [2.05, 4.69) is 0 Å². The number of carbonyl (C=O) groups is 3. The maximum Gasteiger partial charge on any atom is 0.331 e. The average Bonchev–Trinajstić information content (AvgIpc) is 2.63. The fourth-order valence-electron chi connectivity index (χ4n) is 2.10. The Kier molecular flexibility index (Phi) is 3.84. The zero-order valence-electron chi connectivity index (χ0n) is 11.0. The van der Waals surface area contributed by atoms with Crippen molar-refractivity contribution in [2.75, 3.05) is 11.4 Å². The Balaban J connectivity index is 2.42. The predicted molar refractivity (Wildman–Crippen MR) is 69.1 cm³/mol. The molecule has 0 atom stereocenters. The summed E-state index contributed by atoms with van der Waals surface area (Å²) in [5.74, 6) is -5.25. The van der Waals surface area contributed by atoms with E-state index in [4.69, 9.17) is 5.11 Å². The monoisotopic (exact) mass is 295 g/mol. The number of halogens is 2. The van der Waals surface area contributed by atoms with Crippen molar-refractivity contribution in [1.29, 1.82) is 0 Å². The molecule has 7 heteroatoms. The van der Waals surface area contributed by atoms with Gasteiger partial charge in [0.15, 0.2) is 0 Å². The van der Waals surface area contributed by atoms with E-state index >= 15 is 0 Å². The van der Waals surface area contributed by atoms with E-state index in [1.54, 1.807) is 6.92 Å². The summed E-state index contributed by atoms with van der Waals surface area (Å²) in [4.78, 5) is 35.2. The molecule has 0 saturated heterocycles. The lowest BCUT2D eigenvalue weighted by Gasteiger charge is -2.14. The molecule has 1 aliphatic heterocycles. The lowest BCUT2D eigenvalue weighted by Crippen LogP contribution is -2.30. The van der Waals surface area contributed by atoms with Crippen LogP contribution in [0.15, 0.2) is 23.8 Å². The average molecular weight is 295 g/mol. The van der Waals surface area contributed by atoms with Crippen LogP contribution in [0.3, 0.4) is 0 Å². The van der Waals surface area contributed by atoms with E-state index < -0.39 is 34.9 Å². The smallest absolute Gasteiger partial charge is 0.331 e. The molecular formula is C14H11F2NO4. The van der Waals surface area contributed by atoms with Gasteiger partial charge in [-0.25, -0.2) is 13.6 Å². The second kappa shape index (κ2) is 5.43. The Morgan fingerprint density at radius 1 is 1.33 bits per heavy atom. The maximum atomic E-state index is 13.6. The van der Waals surface area contributed by atoms with E-state index in [1.165, 1.54) is 6.08 Å². The summed E-state index contributed by atoms with van der Waals surface area (Å²) in [6, 6.07) is 1.40. The van der Waals surface area contributed by atoms with Crippen LogP contribution in [-0.2, 0) is 9.59 Å². The second-order valence-corrected chi connectivity index (χ2v) is 4.41. The van der Waals surface area contributed by atoms with Crippen LogP contribution in [0.2, 0.25) is 0 Å². The zero-order chi connectivity index (χ0) is 15.7. The number of hydrogen-bond donors (Lipinski definition) is 1. The number of amides is 1. The number of rotatable bonds is 4. The van der Waals surface area contributed by atoms with Crippen LogP contribution in [0.25, 0.3) is 0 Å². The maximum absolute atomic E-state index is 13.6. The van der Waals surface area contributed by atoms with E-state index in [9.17, 15) is 23.2 Å². The molecule has 0 aromatic heterocycles. The van der Waals surface area contributed by atoms with Gasteiger partial charge in [-0.3, -0.25) is 9.59 Å². The lowest BCUT2D eigenvalue weighted by molar-refractivity contribution is -0.132. The summed E-state index contributed by atoms with van der Waals surface area (Å²) in [5.41, 5.74) is -0.622. The molecule has 1 aromatic rings. The molecule has 0 radical (unpaired) electrons. The Bertz CT molecular complexity index is 682. The summed E-state index contributed by atoms with van der Waals surface area (Å²) in [5, 5.41) is 8.89. The molecule has 0 bridgehead atoms. The number of fused-ring (bicyclic) bond motifs is 1. The standard InChI is InChI=1S/C14H11F2NO4/c1-2-7(14(20)21)3-4-17-10-6-8(15)5-9(16)11(10)12(18)13(17)19/h3,5-6H,2,4H2,1H3,(H,20,21). The van der Waals surface area contributed by atoms with E-state index in [1.807, 2.05) is 0 Å². The second-order valence-electron chi connectivity index (χ2n) is 4.41. The van der Waals surface area contributed by atoms with Crippen molar-refractivity contribution in [3.63, 3.8) is 0 Å². The largest absolute Gasteiger partial charge is 0.478 e. The number of carbonyl (C=O) groups excluding carboxylic acids is 2. The van der Waals surface area contributed by atoms with Gasteiger partial charge >= 0.3 is 5.97 Å². The van der Waals surface area contributed by atoms with Crippen molar-refractivity contribution in [2.24, 2.45) is 0 Å². The fourth-order valence-corrected chi connectivity index (χ4v) is 2.10. The number of carboxylic acid groups (broad SMARTS) is 1. The Morgan fingerprint density at radius 3 is 2.57 bits per heavy atom. The summed E-state index contributed by atoms with van der Waals surface area (Å²) in [6.07, 6.45) is 1.46. The van der Waals surface area contributed by atoms with Crippen LogP contribution in [0, 0.1) is 11.6 Å². The van der Waals surface area contributed by atoms with Gasteiger partial charge in [-0.1, -0.05) is 13.0 Å². The number of benzene rings is 1. The van der Waals surface area contributed by atoms with Gasteiger partial charge in [0.05, 0.1) is 11.3 Å². The van der Waals surface area contributed by atoms with Gasteiger partial charge in [0.25, 0.3) is 11.7 Å². The molecule has 1 aliphatic rings. The lowest BCUT2D eigenvalue weighted by atomic mass is 10.1. The van der Waals surface area contributed by atoms with Crippen LogP contribution in [0.1, 0.15) is 23.7 Å². The third-order valence-corrected chi connectivity index (χ3v) is 3.17. The molecule has 2 rings (SSSR count). The minimum absolute atomic E-state index is 0.0422. The van der Waals surface area contributed by atoms with Crippen LogP contribution in [0.5, 0.6) is 0 Å². The summed E-state index contributed by atoms with van der Waals surface area (Å²) < 4.78 is 26.8. The van der Waals surface area contributed by atoms with Crippen LogP contribution in [0.4, 0.5) is 14.5 Å². The third kappa shape index (κ3) is 2.54. The van der Waals surface area contributed by atoms with Gasteiger partial charge in [-0.2, -0.15) is 0 Å². The first kappa shape index (κ1) is 14.8. The normalized spacial score (nSPS) is 14.6. The first-order valence-corrected chi connectivity index (χ1v) is 6.14. The molecule has 21 heavy (non-hydrogen) atoms. The van der Waals surface area contributed by atoms with Crippen LogP contribution >= 0.6 is 0 Å². The molecule has 110 valence electrons. The fraction of sp³-hybridized carbons (Fsp3) is 0.214. The van der Waals surface area contributed by atoms with Gasteiger partial charge in [-0.05, 0) is 12.5 Å². The van der Waals surface area contributed by atoms with Crippen LogP contribution < -0.4 is 4.90 Å². The van der Waals surface area contributed by atoms with E-state index in [0.29, 0.717) is 6.07 Å². The van der Waals surface area contributed by atoms with Crippen LogP contribution in [-0.4, -0.2) is 29.3 Å². The predicted octanol–water partition coefficient (Wildman–Crippen LogP) is 1.92. The SMILES string of the molecule is CCC(=CCN1C(=O)C(=O)c2c(F)cc(F)cc21)C(=O)O. The number of carboxylic acids is 1. The molecular weight excluding hydrogens is 284 g/mol. The number of hydrogen-bond acceptors (Lipinski definition) is 3. The van der Waals surface area contributed by atoms with Gasteiger partial charge in [0.1, 0.15) is 11.6 Å². The van der Waals surface area contributed by atoms with Crippen molar-refractivity contribution >= 4 is 23.3 Å². The highest BCUT2D eigenvalue weighted by Crippen LogP contribution is 2.32. The Labute approximate surface area is 118 Å². The van der Waals surface area contributed by atoms with Crippen molar-refractivity contribution in [3.8, 4) is 0 Å². The van der Waals surface area contributed by atoms with Crippen molar-refractivity contribution in [1.82, 2.24) is 0 Å². The summed E-state index contributed by atoms with van der Waals surface area (Å²) in [6.45, 7) is 1.38. The van der Waals surface area contributed by atoms with Crippen molar-refractivity contribution < 1.29 is 28.3 Å². The van der Waals surface area contributed by atoms with E-state index in [0.717, 1.165) is 11.0 Å². The minimum atomic E-state index is -1.15. The highest BCUT2D eigenvalue weighted by molar-refractivity contribution is 6.52. The number of aliphatic carboxylic acids is 1. The molecule has 1 aromatic carbocycles.